The first kappa shape index (κ1) is 32.5. The second kappa shape index (κ2) is 29.5. The molecule has 0 atom stereocenters. The zero-order valence-electron chi connectivity index (χ0n) is 23.1. The molecule has 0 aliphatic carbocycles. The lowest BCUT2D eigenvalue weighted by Gasteiger charge is -2.05. The number of hydrogen-bond donors (Lipinski definition) is 0. The summed E-state index contributed by atoms with van der Waals surface area (Å²) in [7, 11) is 0. The van der Waals surface area contributed by atoms with Crippen LogP contribution in [-0.2, 0) is 9.53 Å². The molecule has 0 aromatic heterocycles. The number of rotatable bonds is 28. The van der Waals surface area contributed by atoms with Crippen molar-refractivity contribution < 1.29 is 9.53 Å². The van der Waals surface area contributed by atoms with Gasteiger partial charge in [-0.05, 0) is 12.8 Å². The van der Waals surface area contributed by atoms with E-state index < -0.39 is 0 Å². The molecule has 0 amide bonds. The van der Waals surface area contributed by atoms with Crippen LogP contribution in [0.1, 0.15) is 187 Å². The lowest BCUT2D eigenvalue weighted by Crippen LogP contribution is -2.05. The lowest BCUT2D eigenvalue weighted by atomic mass is 10.0. The van der Waals surface area contributed by atoms with E-state index in [9.17, 15) is 4.79 Å². The Morgan fingerprint density at radius 2 is 0.667 bits per heavy atom. The van der Waals surface area contributed by atoms with Crippen LogP contribution < -0.4 is 0 Å². The number of carbonyl (C=O) groups excluding carboxylic acids is 1. The minimum Gasteiger partial charge on any atom is -0.466 e. The van der Waals surface area contributed by atoms with Gasteiger partial charge in [0.25, 0.3) is 0 Å². The number of hydrogen-bond acceptors (Lipinski definition) is 2. The van der Waals surface area contributed by atoms with Crippen molar-refractivity contribution in [3.05, 3.63) is 0 Å². The molecule has 0 spiro atoms. The summed E-state index contributed by atoms with van der Waals surface area (Å²) in [6.45, 7) is 5.12. The molecular weight excluding hydrogens is 404 g/mol. The minimum absolute atomic E-state index is 0.00889. The summed E-state index contributed by atoms with van der Waals surface area (Å²) in [4.78, 5) is 11.6. The first-order chi connectivity index (χ1) is 16.3. The molecule has 0 radical (unpaired) electrons. The molecular formula is C31H62O2. The molecule has 198 valence electrons. The van der Waals surface area contributed by atoms with Crippen molar-refractivity contribution in [3.63, 3.8) is 0 Å². The SMILES string of the molecule is CCCCCCCCCCCCCCCCCCCCCCCCOC(=O)CCCCCC. The van der Waals surface area contributed by atoms with E-state index in [1.165, 1.54) is 148 Å². The fourth-order valence-corrected chi connectivity index (χ4v) is 4.67. The van der Waals surface area contributed by atoms with E-state index in [0.717, 1.165) is 19.3 Å². The van der Waals surface area contributed by atoms with Crippen molar-refractivity contribution in [1.82, 2.24) is 0 Å². The van der Waals surface area contributed by atoms with Crippen molar-refractivity contribution in [3.8, 4) is 0 Å². The molecule has 0 saturated carbocycles. The summed E-state index contributed by atoms with van der Waals surface area (Å²) in [5.74, 6) is 0.00889. The van der Waals surface area contributed by atoms with Crippen LogP contribution in [0, 0.1) is 0 Å². The monoisotopic (exact) mass is 466 g/mol. The Bertz CT molecular complexity index is 366. The highest BCUT2D eigenvalue weighted by Gasteiger charge is 2.02. The molecule has 2 heteroatoms. The van der Waals surface area contributed by atoms with Gasteiger partial charge in [0, 0.05) is 6.42 Å². The van der Waals surface area contributed by atoms with Crippen LogP contribution in [0.5, 0.6) is 0 Å². The molecule has 0 unspecified atom stereocenters. The van der Waals surface area contributed by atoms with Crippen molar-refractivity contribution >= 4 is 5.97 Å². The number of carbonyl (C=O) groups is 1. The Balaban J connectivity index is 3.07. The quantitative estimate of drug-likeness (QED) is 0.0846. The summed E-state index contributed by atoms with van der Waals surface area (Å²) in [5.41, 5.74) is 0. The van der Waals surface area contributed by atoms with Crippen LogP contribution >= 0.6 is 0 Å². The zero-order chi connectivity index (χ0) is 24.1. The standard InChI is InChI=1S/C31H62O2/c1-3-5-7-9-10-11-12-13-14-15-16-17-18-19-20-21-22-23-24-25-26-28-30-33-31(32)29-27-8-6-4-2/h3-30H2,1-2H3. The molecule has 2 nitrogen and oxygen atoms in total. The topological polar surface area (TPSA) is 26.3 Å². The number of esters is 1. The van der Waals surface area contributed by atoms with Crippen LogP contribution in [0.2, 0.25) is 0 Å². The van der Waals surface area contributed by atoms with Gasteiger partial charge >= 0.3 is 5.97 Å². The Labute approximate surface area is 209 Å². The van der Waals surface area contributed by atoms with Gasteiger partial charge in [-0.15, -0.1) is 0 Å². The van der Waals surface area contributed by atoms with Crippen LogP contribution in [0.15, 0.2) is 0 Å². The van der Waals surface area contributed by atoms with Gasteiger partial charge in [0.2, 0.25) is 0 Å². The molecule has 33 heavy (non-hydrogen) atoms. The Hall–Kier alpha value is -0.530. The first-order valence-corrected chi connectivity index (χ1v) is 15.5. The molecule has 0 heterocycles. The third-order valence-electron chi connectivity index (χ3n) is 7.00. The third kappa shape index (κ3) is 29.4. The van der Waals surface area contributed by atoms with E-state index in [-0.39, 0.29) is 5.97 Å². The maximum Gasteiger partial charge on any atom is 0.305 e. The summed E-state index contributed by atoms with van der Waals surface area (Å²) < 4.78 is 5.33. The zero-order valence-corrected chi connectivity index (χ0v) is 23.1. The molecule has 0 fully saturated rings. The summed E-state index contributed by atoms with van der Waals surface area (Å²) in [5, 5.41) is 0. The van der Waals surface area contributed by atoms with E-state index in [4.69, 9.17) is 4.74 Å². The molecule has 0 saturated heterocycles. The van der Waals surface area contributed by atoms with Crippen LogP contribution in [0.4, 0.5) is 0 Å². The molecule has 0 N–H and O–H groups in total. The van der Waals surface area contributed by atoms with Crippen molar-refractivity contribution in [2.75, 3.05) is 6.61 Å². The molecule has 0 aromatic carbocycles. The highest BCUT2D eigenvalue weighted by atomic mass is 16.5. The summed E-state index contributed by atoms with van der Waals surface area (Å²) in [6.07, 6.45) is 36.1. The Kier molecular flexibility index (Phi) is 29.0. The van der Waals surface area contributed by atoms with Crippen molar-refractivity contribution in [2.24, 2.45) is 0 Å². The van der Waals surface area contributed by atoms with Crippen molar-refractivity contribution in [2.45, 2.75) is 187 Å². The van der Waals surface area contributed by atoms with Gasteiger partial charge < -0.3 is 4.74 Å². The average Bonchev–Trinajstić information content (AvgIpc) is 2.82. The second-order valence-electron chi connectivity index (χ2n) is 10.5. The van der Waals surface area contributed by atoms with Crippen LogP contribution in [0.3, 0.4) is 0 Å². The molecule has 0 aliphatic heterocycles. The van der Waals surface area contributed by atoms with Crippen molar-refractivity contribution in [1.29, 1.82) is 0 Å². The fourth-order valence-electron chi connectivity index (χ4n) is 4.67. The minimum atomic E-state index is 0.00889. The Morgan fingerprint density at radius 1 is 0.394 bits per heavy atom. The fraction of sp³-hybridized carbons (Fsp3) is 0.968. The second-order valence-corrected chi connectivity index (χ2v) is 10.5. The molecule has 0 aliphatic rings. The van der Waals surface area contributed by atoms with Gasteiger partial charge in [0.15, 0.2) is 0 Å². The van der Waals surface area contributed by atoms with E-state index in [1.54, 1.807) is 0 Å². The smallest absolute Gasteiger partial charge is 0.305 e. The molecule has 0 bridgehead atoms. The lowest BCUT2D eigenvalue weighted by molar-refractivity contribution is -0.143. The normalized spacial score (nSPS) is 11.2. The maximum absolute atomic E-state index is 11.6. The van der Waals surface area contributed by atoms with Gasteiger partial charge in [0.05, 0.1) is 6.61 Å². The largest absolute Gasteiger partial charge is 0.466 e. The van der Waals surface area contributed by atoms with Crippen LogP contribution in [-0.4, -0.2) is 12.6 Å². The predicted octanol–water partition coefficient (Wildman–Crippen LogP) is 11.1. The van der Waals surface area contributed by atoms with Gasteiger partial charge in [-0.2, -0.15) is 0 Å². The van der Waals surface area contributed by atoms with Crippen LogP contribution in [0.25, 0.3) is 0 Å². The van der Waals surface area contributed by atoms with E-state index >= 15 is 0 Å². The van der Waals surface area contributed by atoms with E-state index in [2.05, 4.69) is 13.8 Å². The Morgan fingerprint density at radius 3 is 1.00 bits per heavy atom. The first-order valence-electron chi connectivity index (χ1n) is 15.5. The average molecular weight is 467 g/mol. The predicted molar refractivity (Wildman–Crippen MR) is 147 cm³/mol. The maximum atomic E-state index is 11.6. The van der Waals surface area contributed by atoms with E-state index in [1.807, 2.05) is 0 Å². The number of unbranched alkanes of at least 4 members (excludes halogenated alkanes) is 24. The van der Waals surface area contributed by atoms with Gasteiger partial charge in [-0.25, -0.2) is 0 Å². The van der Waals surface area contributed by atoms with Gasteiger partial charge in [0.1, 0.15) is 0 Å². The molecule has 0 rings (SSSR count). The summed E-state index contributed by atoms with van der Waals surface area (Å²) >= 11 is 0. The third-order valence-corrected chi connectivity index (χ3v) is 7.00. The number of ether oxygens (including phenoxy) is 1. The van der Waals surface area contributed by atoms with Gasteiger partial charge in [-0.3, -0.25) is 4.79 Å². The highest BCUT2D eigenvalue weighted by Crippen LogP contribution is 2.15. The van der Waals surface area contributed by atoms with E-state index in [0.29, 0.717) is 13.0 Å². The van der Waals surface area contributed by atoms with Gasteiger partial charge in [-0.1, -0.05) is 168 Å². The summed E-state index contributed by atoms with van der Waals surface area (Å²) in [6, 6.07) is 0. The highest BCUT2D eigenvalue weighted by molar-refractivity contribution is 5.69. The molecule has 0 aromatic rings.